The predicted molar refractivity (Wildman–Crippen MR) is 60.6 cm³/mol. The fraction of sp³-hybridized carbons (Fsp3) is 0.500. The SMILES string of the molecule is C=C/C=C\C(=C(/C)CC)N(C)CC. The van der Waals surface area contributed by atoms with E-state index < -0.39 is 0 Å². The lowest BCUT2D eigenvalue weighted by Gasteiger charge is -2.20. The average molecular weight is 179 g/mol. The molecule has 0 bridgehead atoms. The minimum absolute atomic E-state index is 1.04. The van der Waals surface area contributed by atoms with Crippen LogP contribution in [0.25, 0.3) is 0 Å². The Morgan fingerprint density at radius 2 is 2.00 bits per heavy atom. The van der Waals surface area contributed by atoms with Gasteiger partial charge in [0.25, 0.3) is 0 Å². The topological polar surface area (TPSA) is 3.24 Å². The van der Waals surface area contributed by atoms with E-state index in [0.717, 1.165) is 13.0 Å². The van der Waals surface area contributed by atoms with Gasteiger partial charge in [0.15, 0.2) is 0 Å². The number of hydrogen-bond acceptors (Lipinski definition) is 1. The summed E-state index contributed by atoms with van der Waals surface area (Å²) >= 11 is 0. The van der Waals surface area contributed by atoms with Gasteiger partial charge in [0, 0.05) is 19.3 Å². The van der Waals surface area contributed by atoms with Gasteiger partial charge < -0.3 is 4.90 Å². The molecular weight excluding hydrogens is 158 g/mol. The lowest BCUT2D eigenvalue weighted by atomic mass is 10.1. The van der Waals surface area contributed by atoms with Gasteiger partial charge in [-0.15, -0.1) is 0 Å². The third kappa shape index (κ3) is 3.97. The van der Waals surface area contributed by atoms with E-state index in [1.165, 1.54) is 11.3 Å². The molecule has 0 unspecified atom stereocenters. The van der Waals surface area contributed by atoms with E-state index in [1.807, 2.05) is 12.2 Å². The second kappa shape index (κ2) is 6.53. The molecule has 0 heterocycles. The molecule has 0 atom stereocenters. The maximum Gasteiger partial charge on any atom is 0.0352 e. The fourth-order valence-electron chi connectivity index (χ4n) is 1.11. The van der Waals surface area contributed by atoms with Crippen LogP contribution in [0.4, 0.5) is 0 Å². The van der Waals surface area contributed by atoms with Gasteiger partial charge >= 0.3 is 0 Å². The molecule has 0 aromatic heterocycles. The normalized spacial score (nSPS) is 12.9. The lowest BCUT2D eigenvalue weighted by Crippen LogP contribution is -2.16. The standard InChI is InChI=1S/C12H21N/c1-6-9-10-12(11(4)7-2)13(5)8-3/h6,9-10H,1,7-8H2,2-5H3/b10-9-,12-11-. The highest BCUT2D eigenvalue weighted by atomic mass is 15.1. The summed E-state index contributed by atoms with van der Waals surface area (Å²) < 4.78 is 0. The number of hydrogen-bond donors (Lipinski definition) is 0. The molecule has 0 saturated carbocycles. The summed E-state index contributed by atoms with van der Waals surface area (Å²) in [7, 11) is 2.11. The first-order valence-corrected chi connectivity index (χ1v) is 4.87. The Labute approximate surface area is 82.4 Å². The van der Waals surface area contributed by atoms with Crippen molar-refractivity contribution in [2.45, 2.75) is 27.2 Å². The molecule has 13 heavy (non-hydrogen) atoms. The first kappa shape index (κ1) is 12.0. The van der Waals surface area contributed by atoms with Gasteiger partial charge in [-0.1, -0.05) is 31.2 Å². The summed E-state index contributed by atoms with van der Waals surface area (Å²) in [6, 6.07) is 0. The zero-order valence-corrected chi connectivity index (χ0v) is 9.30. The fourth-order valence-corrected chi connectivity index (χ4v) is 1.11. The highest BCUT2D eigenvalue weighted by molar-refractivity contribution is 5.25. The third-order valence-corrected chi connectivity index (χ3v) is 2.24. The van der Waals surface area contributed by atoms with Crippen LogP contribution in [0.1, 0.15) is 27.2 Å². The summed E-state index contributed by atoms with van der Waals surface area (Å²) in [4.78, 5) is 2.25. The minimum atomic E-state index is 1.04. The Morgan fingerprint density at radius 3 is 2.38 bits per heavy atom. The highest BCUT2D eigenvalue weighted by Gasteiger charge is 2.01. The van der Waals surface area contributed by atoms with Gasteiger partial charge in [0.2, 0.25) is 0 Å². The molecule has 0 N–H and O–H groups in total. The van der Waals surface area contributed by atoms with Crippen molar-refractivity contribution in [3.05, 3.63) is 36.1 Å². The van der Waals surface area contributed by atoms with E-state index in [1.54, 1.807) is 0 Å². The minimum Gasteiger partial charge on any atom is -0.375 e. The van der Waals surface area contributed by atoms with Crippen LogP contribution in [0.5, 0.6) is 0 Å². The second-order valence-electron chi connectivity index (χ2n) is 3.13. The van der Waals surface area contributed by atoms with Crippen molar-refractivity contribution in [1.82, 2.24) is 4.90 Å². The molecule has 0 aromatic rings. The van der Waals surface area contributed by atoms with E-state index in [-0.39, 0.29) is 0 Å². The largest absolute Gasteiger partial charge is 0.375 e. The van der Waals surface area contributed by atoms with Gasteiger partial charge in [0.05, 0.1) is 0 Å². The molecule has 1 heteroatoms. The van der Waals surface area contributed by atoms with Gasteiger partial charge in [-0.3, -0.25) is 0 Å². The summed E-state index contributed by atoms with van der Waals surface area (Å²) in [6.45, 7) is 11.2. The van der Waals surface area contributed by atoms with E-state index in [0.29, 0.717) is 0 Å². The molecule has 0 radical (unpaired) electrons. The number of allylic oxidation sites excluding steroid dienone is 4. The Balaban J connectivity index is 4.74. The van der Waals surface area contributed by atoms with Crippen molar-refractivity contribution < 1.29 is 0 Å². The molecule has 0 spiro atoms. The smallest absolute Gasteiger partial charge is 0.0352 e. The first-order valence-electron chi connectivity index (χ1n) is 4.87. The Hall–Kier alpha value is -0.980. The average Bonchev–Trinajstić information content (AvgIpc) is 2.17. The highest BCUT2D eigenvalue weighted by Crippen LogP contribution is 2.12. The van der Waals surface area contributed by atoms with Crippen molar-refractivity contribution in [2.75, 3.05) is 13.6 Å². The molecule has 0 aliphatic heterocycles. The predicted octanol–water partition coefficient (Wildman–Crippen LogP) is 3.36. The van der Waals surface area contributed by atoms with Crippen LogP contribution in [0.3, 0.4) is 0 Å². The Morgan fingerprint density at radius 1 is 1.38 bits per heavy atom. The molecule has 0 saturated heterocycles. The van der Waals surface area contributed by atoms with Gasteiger partial charge in [-0.2, -0.15) is 0 Å². The summed E-state index contributed by atoms with van der Waals surface area (Å²) in [6.07, 6.45) is 7.02. The molecule has 0 aliphatic carbocycles. The molecule has 1 nitrogen and oxygen atoms in total. The van der Waals surface area contributed by atoms with Crippen molar-refractivity contribution >= 4 is 0 Å². The van der Waals surface area contributed by atoms with E-state index >= 15 is 0 Å². The van der Waals surface area contributed by atoms with Gasteiger partial charge in [0.1, 0.15) is 0 Å². The van der Waals surface area contributed by atoms with Gasteiger partial charge in [-0.05, 0) is 26.3 Å². The molecule has 0 fully saturated rings. The maximum absolute atomic E-state index is 3.68. The zero-order valence-electron chi connectivity index (χ0n) is 9.30. The first-order chi connectivity index (χ1) is 6.17. The monoisotopic (exact) mass is 179 g/mol. The molecule has 0 aromatic carbocycles. The van der Waals surface area contributed by atoms with Crippen LogP contribution in [-0.2, 0) is 0 Å². The van der Waals surface area contributed by atoms with E-state index in [4.69, 9.17) is 0 Å². The van der Waals surface area contributed by atoms with Crippen LogP contribution in [-0.4, -0.2) is 18.5 Å². The summed E-state index contributed by atoms with van der Waals surface area (Å²) in [5.74, 6) is 0. The number of rotatable bonds is 5. The van der Waals surface area contributed by atoms with Crippen molar-refractivity contribution in [3.63, 3.8) is 0 Å². The Bertz CT molecular complexity index is 211. The van der Waals surface area contributed by atoms with Crippen molar-refractivity contribution in [1.29, 1.82) is 0 Å². The number of likely N-dealkylation sites (N-methyl/N-ethyl adjacent to an activating group) is 1. The zero-order chi connectivity index (χ0) is 10.3. The van der Waals surface area contributed by atoms with Gasteiger partial charge in [-0.25, -0.2) is 0 Å². The second-order valence-corrected chi connectivity index (χ2v) is 3.13. The molecule has 74 valence electrons. The van der Waals surface area contributed by atoms with E-state index in [2.05, 4.69) is 45.4 Å². The molecule has 0 amide bonds. The summed E-state index contributed by atoms with van der Waals surface area (Å²) in [5, 5.41) is 0. The number of nitrogens with zero attached hydrogens (tertiary/aromatic N) is 1. The molecule has 0 aliphatic rings. The van der Waals surface area contributed by atoms with Crippen LogP contribution < -0.4 is 0 Å². The molecule has 0 rings (SSSR count). The summed E-state index contributed by atoms with van der Waals surface area (Å²) in [5.41, 5.74) is 2.73. The van der Waals surface area contributed by atoms with Crippen molar-refractivity contribution in [2.24, 2.45) is 0 Å². The van der Waals surface area contributed by atoms with E-state index in [9.17, 15) is 0 Å². The lowest BCUT2D eigenvalue weighted by molar-refractivity contribution is 0.449. The van der Waals surface area contributed by atoms with Crippen molar-refractivity contribution in [3.8, 4) is 0 Å². The van der Waals surface area contributed by atoms with Crippen LogP contribution in [0, 0.1) is 0 Å². The van der Waals surface area contributed by atoms with Crippen LogP contribution >= 0.6 is 0 Å². The third-order valence-electron chi connectivity index (χ3n) is 2.24. The quantitative estimate of drug-likeness (QED) is 0.585. The van der Waals surface area contributed by atoms with Crippen LogP contribution in [0.2, 0.25) is 0 Å². The van der Waals surface area contributed by atoms with Crippen LogP contribution in [0.15, 0.2) is 36.1 Å². The Kier molecular flexibility index (Phi) is 6.03. The maximum atomic E-state index is 3.68. The molecular formula is C12H21N.